The van der Waals surface area contributed by atoms with Gasteiger partial charge in [-0.15, -0.1) is 0 Å². The van der Waals surface area contributed by atoms with E-state index in [1.54, 1.807) is 0 Å². The second-order valence-corrected chi connectivity index (χ2v) is 7.20. The van der Waals surface area contributed by atoms with Crippen molar-refractivity contribution >= 4 is 17.7 Å². The van der Waals surface area contributed by atoms with Crippen molar-refractivity contribution in [2.75, 3.05) is 12.3 Å². The SMILES string of the molecule is CCNC(C)(CC(C)SCC1CCCC1)C(N)=O. The summed E-state index contributed by atoms with van der Waals surface area (Å²) in [5.41, 5.74) is 4.95. The van der Waals surface area contributed by atoms with Gasteiger partial charge in [-0.2, -0.15) is 11.8 Å². The van der Waals surface area contributed by atoms with Crippen LogP contribution in [0.5, 0.6) is 0 Å². The van der Waals surface area contributed by atoms with Gasteiger partial charge < -0.3 is 11.1 Å². The number of primary amides is 1. The molecule has 0 bridgehead atoms. The Hall–Kier alpha value is -0.220. The largest absolute Gasteiger partial charge is 0.368 e. The summed E-state index contributed by atoms with van der Waals surface area (Å²) >= 11 is 2.00. The van der Waals surface area contributed by atoms with Crippen molar-refractivity contribution in [1.29, 1.82) is 0 Å². The Kier molecular flexibility index (Phi) is 6.50. The molecule has 2 atom stereocenters. The maximum Gasteiger partial charge on any atom is 0.237 e. The molecule has 0 aromatic rings. The Labute approximate surface area is 116 Å². The van der Waals surface area contributed by atoms with Crippen LogP contribution in [0.25, 0.3) is 0 Å². The quantitative estimate of drug-likeness (QED) is 0.714. The molecule has 1 amide bonds. The van der Waals surface area contributed by atoms with Gasteiger partial charge in [-0.05, 0) is 44.4 Å². The molecule has 3 N–H and O–H groups in total. The van der Waals surface area contributed by atoms with E-state index in [1.807, 2.05) is 25.6 Å². The van der Waals surface area contributed by atoms with E-state index in [0.29, 0.717) is 5.25 Å². The van der Waals surface area contributed by atoms with Crippen LogP contribution in [0.1, 0.15) is 52.9 Å². The first-order valence-electron chi connectivity index (χ1n) is 7.14. The molecule has 0 aromatic carbocycles. The highest BCUT2D eigenvalue weighted by molar-refractivity contribution is 7.99. The van der Waals surface area contributed by atoms with Gasteiger partial charge in [0.05, 0.1) is 5.54 Å². The van der Waals surface area contributed by atoms with Crippen molar-refractivity contribution in [2.24, 2.45) is 11.7 Å². The number of carbonyl (C=O) groups is 1. The monoisotopic (exact) mass is 272 g/mol. The first-order valence-corrected chi connectivity index (χ1v) is 8.19. The third-order valence-corrected chi connectivity index (χ3v) is 5.30. The van der Waals surface area contributed by atoms with Gasteiger partial charge >= 0.3 is 0 Å². The minimum Gasteiger partial charge on any atom is -0.368 e. The first kappa shape index (κ1) is 15.8. The predicted octanol–water partition coefficient (Wildman–Crippen LogP) is 2.54. The Balaban J connectivity index is 2.35. The van der Waals surface area contributed by atoms with Crippen LogP contribution < -0.4 is 11.1 Å². The molecular weight excluding hydrogens is 244 g/mol. The number of nitrogens with two attached hydrogens (primary N) is 1. The van der Waals surface area contributed by atoms with Crippen LogP contribution in [0.3, 0.4) is 0 Å². The van der Waals surface area contributed by atoms with E-state index in [9.17, 15) is 4.79 Å². The van der Waals surface area contributed by atoms with Crippen molar-refractivity contribution in [1.82, 2.24) is 5.32 Å². The van der Waals surface area contributed by atoms with Gasteiger partial charge in [-0.25, -0.2) is 0 Å². The van der Waals surface area contributed by atoms with E-state index in [-0.39, 0.29) is 5.91 Å². The van der Waals surface area contributed by atoms with E-state index in [4.69, 9.17) is 5.73 Å². The molecule has 1 rings (SSSR count). The van der Waals surface area contributed by atoms with Crippen LogP contribution in [0.2, 0.25) is 0 Å². The molecule has 0 saturated heterocycles. The summed E-state index contributed by atoms with van der Waals surface area (Å²) in [6, 6.07) is 0. The number of hydrogen-bond donors (Lipinski definition) is 2. The molecule has 106 valence electrons. The van der Waals surface area contributed by atoms with E-state index < -0.39 is 5.54 Å². The fourth-order valence-electron chi connectivity index (χ4n) is 2.76. The molecule has 1 aliphatic carbocycles. The molecule has 0 spiro atoms. The van der Waals surface area contributed by atoms with Gasteiger partial charge in [-0.3, -0.25) is 4.79 Å². The number of likely N-dealkylation sites (N-methyl/N-ethyl adjacent to an activating group) is 1. The van der Waals surface area contributed by atoms with E-state index in [0.717, 1.165) is 18.9 Å². The third-order valence-electron chi connectivity index (χ3n) is 3.90. The second-order valence-electron chi connectivity index (χ2n) is 5.73. The maximum absolute atomic E-state index is 11.6. The number of hydrogen-bond acceptors (Lipinski definition) is 3. The molecule has 1 saturated carbocycles. The van der Waals surface area contributed by atoms with Crippen LogP contribution in [0.15, 0.2) is 0 Å². The fraction of sp³-hybridized carbons (Fsp3) is 0.929. The van der Waals surface area contributed by atoms with Crippen LogP contribution in [0.4, 0.5) is 0 Å². The molecule has 0 heterocycles. The summed E-state index contributed by atoms with van der Waals surface area (Å²) in [7, 11) is 0. The minimum atomic E-state index is -0.559. The van der Waals surface area contributed by atoms with Crippen LogP contribution in [-0.4, -0.2) is 29.0 Å². The van der Waals surface area contributed by atoms with Crippen molar-refractivity contribution in [3.05, 3.63) is 0 Å². The summed E-state index contributed by atoms with van der Waals surface area (Å²) in [6.45, 7) is 6.92. The molecule has 1 aliphatic rings. The first-order chi connectivity index (χ1) is 8.48. The standard InChI is InChI=1S/C14H28N2OS/c1-4-16-14(3,13(15)17)9-11(2)18-10-12-7-5-6-8-12/h11-12,16H,4-10H2,1-3H3,(H2,15,17). The lowest BCUT2D eigenvalue weighted by Gasteiger charge is -2.30. The zero-order chi connectivity index (χ0) is 13.6. The van der Waals surface area contributed by atoms with Crippen LogP contribution >= 0.6 is 11.8 Å². The Morgan fingerprint density at radius 3 is 2.61 bits per heavy atom. The smallest absolute Gasteiger partial charge is 0.237 e. The highest BCUT2D eigenvalue weighted by atomic mass is 32.2. The van der Waals surface area contributed by atoms with Crippen LogP contribution in [-0.2, 0) is 4.79 Å². The fourth-order valence-corrected chi connectivity index (χ4v) is 4.15. The topological polar surface area (TPSA) is 55.1 Å². The Bertz CT molecular complexity index is 267. The van der Waals surface area contributed by atoms with Gasteiger partial charge in [-0.1, -0.05) is 26.7 Å². The summed E-state index contributed by atoms with van der Waals surface area (Å²) in [5.74, 6) is 1.90. The normalized spacial score (nSPS) is 21.7. The van der Waals surface area contributed by atoms with Gasteiger partial charge in [0.1, 0.15) is 0 Å². The van der Waals surface area contributed by atoms with Crippen molar-refractivity contribution in [2.45, 2.75) is 63.7 Å². The maximum atomic E-state index is 11.6. The number of nitrogens with one attached hydrogen (secondary N) is 1. The molecule has 18 heavy (non-hydrogen) atoms. The second kappa shape index (κ2) is 7.39. The highest BCUT2D eigenvalue weighted by Gasteiger charge is 2.32. The minimum absolute atomic E-state index is 0.238. The summed E-state index contributed by atoms with van der Waals surface area (Å²) in [4.78, 5) is 11.6. The van der Waals surface area contributed by atoms with Gasteiger partial charge in [0, 0.05) is 5.25 Å². The summed E-state index contributed by atoms with van der Waals surface area (Å²) < 4.78 is 0. The zero-order valence-corrected chi connectivity index (χ0v) is 12.8. The highest BCUT2D eigenvalue weighted by Crippen LogP contribution is 2.31. The summed E-state index contributed by atoms with van der Waals surface area (Å²) in [6.07, 6.45) is 6.39. The lowest BCUT2D eigenvalue weighted by Crippen LogP contribution is -2.54. The molecule has 0 aliphatic heterocycles. The van der Waals surface area contributed by atoms with E-state index >= 15 is 0 Å². The summed E-state index contributed by atoms with van der Waals surface area (Å²) in [5, 5.41) is 3.70. The average molecular weight is 272 g/mol. The van der Waals surface area contributed by atoms with Gasteiger partial charge in [0.15, 0.2) is 0 Å². The molecular formula is C14H28N2OS. The molecule has 3 nitrogen and oxygen atoms in total. The van der Waals surface area contributed by atoms with Crippen molar-refractivity contribution in [3.8, 4) is 0 Å². The Morgan fingerprint density at radius 1 is 1.50 bits per heavy atom. The van der Waals surface area contributed by atoms with E-state index in [2.05, 4.69) is 12.2 Å². The van der Waals surface area contributed by atoms with Crippen molar-refractivity contribution in [3.63, 3.8) is 0 Å². The number of rotatable bonds is 8. The number of thioether (sulfide) groups is 1. The van der Waals surface area contributed by atoms with Gasteiger partial charge in [0.2, 0.25) is 5.91 Å². The third kappa shape index (κ3) is 4.81. The lowest BCUT2D eigenvalue weighted by molar-refractivity contribution is -0.124. The predicted molar refractivity (Wildman–Crippen MR) is 79.8 cm³/mol. The lowest BCUT2D eigenvalue weighted by atomic mass is 9.95. The van der Waals surface area contributed by atoms with Gasteiger partial charge in [0.25, 0.3) is 0 Å². The molecule has 0 aromatic heterocycles. The van der Waals surface area contributed by atoms with E-state index in [1.165, 1.54) is 31.4 Å². The zero-order valence-electron chi connectivity index (χ0n) is 12.0. The number of amides is 1. The average Bonchev–Trinajstić information content (AvgIpc) is 2.79. The molecule has 2 unspecified atom stereocenters. The Morgan fingerprint density at radius 2 is 2.11 bits per heavy atom. The number of carbonyl (C=O) groups excluding carboxylic acids is 1. The molecule has 4 heteroatoms. The van der Waals surface area contributed by atoms with Crippen molar-refractivity contribution < 1.29 is 4.79 Å². The molecule has 1 fully saturated rings. The van der Waals surface area contributed by atoms with Crippen LogP contribution in [0, 0.1) is 5.92 Å². The molecule has 0 radical (unpaired) electrons.